The summed E-state index contributed by atoms with van der Waals surface area (Å²) in [6.45, 7) is -0.531. The smallest absolute Gasteiger partial charge is 0.339 e. The molecule has 1 N–H and O–H groups in total. The van der Waals surface area contributed by atoms with Crippen molar-refractivity contribution in [3.05, 3.63) is 60.5 Å². The van der Waals surface area contributed by atoms with Gasteiger partial charge in [0, 0.05) is 4.47 Å². The average Bonchev–Trinajstić information content (AvgIpc) is 2.55. The first-order valence-corrected chi connectivity index (χ1v) is 8.66. The van der Waals surface area contributed by atoms with Crippen LogP contribution in [-0.4, -0.2) is 18.5 Å². The number of nitrogens with one attached hydrogen (secondary N) is 1. The van der Waals surface area contributed by atoms with Gasteiger partial charge in [0.05, 0.1) is 31.3 Å². The number of carbonyl (C=O) groups excluding carboxylic acids is 2. The topological polar surface area (TPSA) is 55.4 Å². The Labute approximate surface area is 166 Å². The SMILES string of the molecule is O=C(COC(=O)c1ccccc1Br)Nc1c(Cl)c(Cl)cc(Cl)c1Cl. The van der Waals surface area contributed by atoms with Gasteiger partial charge in [0.15, 0.2) is 6.61 Å². The van der Waals surface area contributed by atoms with Crippen molar-refractivity contribution in [2.45, 2.75) is 0 Å². The van der Waals surface area contributed by atoms with Gasteiger partial charge < -0.3 is 10.1 Å². The minimum absolute atomic E-state index is 0.0385. The summed E-state index contributed by atoms with van der Waals surface area (Å²) in [5, 5.41) is 2.76. The van der Waals surface area contributed by atoms with Crippen LogP contribution >= 0.6 is 62.3 Å². The normalized spacial score (nSPS) is 10.4. The lowest BCUT2D eigenvalue weighted by Gasteiger charge is -2.12. The zero-order valence-electron chi connectivity index (χ0n) is 11.7. The fourth-order valence-corrected chi connectivity index (χ4v) is 3.04. The summed E-state index contributed by atoms with van der Waals surface area (Å²) in [5.41, 5.74) is 0.352. The molecule has 0 radical (unpaired) electrons. The van der Waals surface area contributed by atoms with Crippen molar-refractivity contribution in [1.29, 1.82) is 0 Å². The third-order valence-electron chi connectivity index (χ3n) is 2.80. The van der Waals surface area contributed by atoms with Crippen LogP contribution in [0.25, 0.3) is 0 Å². The number of esters is 1. The minimum Gasteiger partial charge on any atom is -0.452 e. The maximum Gasteiger partial charge on any atom is 0.339 e. The van der Waals surface area contributed by atoms with Crippen molar-refractivity contribution >= 4 is 79.9 Å². The Kier molecular flexibility index (Phi) is 6.78. The van der Waals surface area contributed by atoms with E-state index in [0.717, 1.165) is 0 Å². The van der Waals surface area contributed by atoms with E-state index in [1.807, 2.05) is 0 Å². The number of rotatable bonds is 4. The monoisotopic (exact) mass is 469 g/mol. The molecular weight excluding hydrogens is 464 g/mol. The van der Waals surface area contributed by atoms with Gasteiger partial charge in [-0.3, -0.25) is 4.79 Å². The second-order valence-corrected chi connectivity index (χ2v) is 6.87. The molecule has 9 heteroatoms. The number of amides is 1. The number of anilines is 1. The molecule has 0 fully saturated rings. The van der Waals surface area contributed by atoms with E-state index in [4.69, 9.17) is 51.1 Å². The summed E-state index contributed by atoms with van der Waals surface area (Å²) in [5.74, 6) is -1.29. The van der Waals surface area contributed by atoms with Gasteiger partial charge in [-0.25, -0.2) is 4.79 Å². The van der Waals surface area contributed by atoms with Crippen LogP contribution in [0.4, 0.5) is 5.69 Å². The number of halogens is 5. The molecule has 1 amide bonds. The van der Waals surface area contributed by atoms with Crippen LogP contribution in [0.5, 0.6) is 0 Å². The zero-order chi connectivity index (χ0) is 17.9. The molecule has 0 bridgehead atoms. The first-order chi connectivity index (χ1) is 11.3. The van der Waals surface area contributed by atoms with Crippen molar-refractivity contribution in [2.24, 2.45) is 0 Å². The van der Waals surface area contributed by atoms with E-state index in [0.29, 0.717) is 10.0 Å². The molecule has 0 aromatic heterocycles. The molecule has 4 nitrogen and oxygen atoms in total. The molecule has 0 saturated heterocycles. The van der Waals surface area contributed by atoms with Crippen LogP contribution in [0.15, 0.2) is 34.8 Å². The second-order valence-electron chi connectivity index (χ2n) is 4.45. The van der Waals surface area contributed by atoms with Gasteiger partial charge in [0.25, 0.3) is 5.91 Å². The maximum atomic E-state index is 12.0. The van der Waals surface area contributed by atoms with Gasteiger partial charge in [0.2, 0.25) is 0 Å². The van der Waals surface area contributed by atoms with Crippen LogP contribution in [0.2, 0.25) is 20.1 Å². The molecule has 24 heavy (non-hydrogen) atoms. The molecule has 0 aliphatic heterocycles. The Morgan fingerprint density at radius 3 is 2.21 bits per heavy atom. The van der Waals surface area contributed by atoms with Crippen LogP contribution in [0.1, 0.15) is 10.4 Å². The first kappa shape index (κ1) is 19.3. The van der Waals surface area contributed by atoms with E-state index in [-0.39, 0.29) is 25.8 Å². The molecule has 0 spiro atoms. The van der Waals surface area contributed by atoms with E-state index in [9.17, 15) is 9.59 Å². The quantitative estimate of drug-likeness (QED) is 0.449. The summed E-state index contributed by atoms with van der Waals surface area (Å²) in [4.78, 5) is 23.9. The van der Waals surface area contributed by atoms with Crippen molar-refractivity contribution in [3.63, 3.8) is 0 Å². The third kappa shape index (κ3) is 4.55. The van der Waals surface area contributed by atoms with Crippen LogP contribution < -0.4 is 5.32 Å². The molecule has 0 saturated carbocycles. The molecule has 0 aliphatic rings. The average molecular weight is 472 g/mol. The summed E-state index contributed by atoms with van der Waals surface area (Å²) >= 11 is 27.0. The molecule has 0 aliphatic carbocycles. The van der Waals surface area contributed by atoms with E-state index in [2.05, 4.69) is 21.2 Å². The number of hydrogen-bond acceptors (Lipinski definition) is 3. The lowest BCUT2D eigenvalue weighted by Crippen LogP contribution is -2.21. The number of hydrogen-bond donors (Lipinski definition) is 1. The van der Waals surface area contributed by atoms with Crippen molar-refractivity contribution < 1.29 is 14.3 Å². The lowest BCUT2D eigenvalue weighted by atomic mass is 10.2. The van der Waals surface area contributed by atoms with E-state index >= 15 is 0 Å². The highest BCUT2D eigenvalue weighted by Gasteiger charge is 2.18. The molecule has 0 heterocycles. The Bertz CT molecular complexity index is 787. The van der Waals surface area contributed by atoms with E-state index in [1.54, 1.807) is 24.3 Å². The highest BCUT2D eigenvalue weighted by molar-refractivity contribution is 9.10. The summed E-state index contributed by atoms with van der Waals surface area (Å²) in [6.07, 6.45) is 0. The van der Waals surface area contributed by atoms with Crippen LogP contribution in [0, 0.1) is 0 Å². The van der Waals surface area contributed by atoms with Crippen molar-refractivity contribution in [2.75, 3.05) is 11.9 Å². The third-order valence-corrected chi connectivity index (χ3v) is 5.07. The molecule has 2 rings (SSSR count). The van der Waals surface area contributed by atoms with Gasteiger partial charge in [-0.05, 0) is 34.1 Å². The summed E-state index contributed by atoms with van der Waals surface area (Å²) in [6, 6.07) is 8.03. The minimum atomic E-state index is -0.654. The predicted molar refractivity (Wildman–Crippen MR) is 99.5 cm³/mol. The molecular formula is C15H8BrCl4NO3. The fraction of sp³-hybridized carbons (Fsp3) is 0.0667. The fourth-order valence-electron chi connectivity index (χ4n) is 1.69. The highest BCUT2D eigenvalue weighted by atomic mass is 79.9. The standard InChI is InChI=1S/C15H8BrCl4NO3/c16-8-4-2-1-3-7(8)15(23)24-6-11(22)21-14-12(19)9(17)5-10(18)13(14)20/h1-5H,6H2,(H,21,22). The maximum absolute atomic E-state index is 12.0. The predicted octanol–water partition coefficient (Wildman–Crippen LogP) is 5.86. The Morgan fingerprint density at radius 1 is 1.04 bits per heavy atom. The Balaban J connectivity index is 2.05. The first-order valence-electron chi connectivity index (χ1n) is 6.35. The molecule has 2 aromatic carbocycles. The van der Waals surface area contributed by atoms with Crippen LogP contribution in [-0.2, 0) is 9.53 Å². The zero-order valence-corrected chi connectivity index (χ0v) is 16.3. The van der Waals surface area contributed by atoms with E-state index < -0.39 is 18.5 Å². The molecule has 2 aromatic rings. The largest absolute Gasteiger partial charge is 0.452 e. The number of ether oxygens (including phenoxy) is 1. The lowest BCUT2D eigenvalue weighted by molar-refractivity contribution is -0.119. The second kappa shape index (κ2) is 8.41. The Morgan fingerprint density at radius 2 is 1.62 bits per heavy atom. The van der Waals surface area contributed by atoms with Gasteiger partial charge in [-0.2, -0.15) is 0 Å². The molecule has 0 atom stereocenters. The van der Waals surface area contributed by atoms with Gasteiger partial charge in [-0.15, -0.1) is 0 Å². The summed E-state index contributed by atoms with van der Waals surface area (Å²) in [7, 11) is 0. The van der Waals surface area contributed by atoms with E-state index in [1.165, 1.54) is 6.07 Å². The van der Waals surface area contributed by atoms with Gasteiger partial charge in [0.1, 0.15) is 0 Å². The summed E-state index contributed by atoms with van der Waals surface area (Å²) < 4.78 is 5.51. The van der Waals surface area contributed by atoms with Crippen molar-refractivity contribution in [3.8, 4) is 0 Å². The highest BCUT2D eigenvalue weighted by Crippen LogP contribution is 2.40. The molecule has 0 unspecified atom stereocenters. The van der Waals surface area contributed by atoms with Gasteiger partial charge in [-0.1, -0.05) is 58.5 Å². The molecule has 126 valence electrons. The van der Waals surface area contributed by atoms with Crippen molar-refractivity contribution in [1.82, 2.24) is 0 Å². The number of carbonyl (C=O) groups is 2. The van der Waals surface area contributed by atoms with Crippen LogP contribution in [0.3, 0.4) is 0 Å². The Hall–Kier alpha value is -0.980. The number of benzene rings is 2. The van der Waals surface area contributed by atoms with Gasteiger partial charge >= 0.3 is 5.97 Å².